The van der Waals surface area contributed by atoms with E-state index in [2.05, 4.69) is 5.10 Å². The number of ether oxygens (including phenoxy) is 1. The van der Waals surface area contributed by atoms with Gasteiger partial charge in [-0.3, -0.25) is 4.68 Å². The van der Waals surface area contributed by atoms with Gasteiger partial charge in [0.25, 0.3) is 0 Å². The Labute approximate surface area is 120 Å². The number of nitrogens with two attached hydrogens (primary N) is 1. The number of nitrogen functional groups attached to an aromatic ring is 1. The number of hydrogen-bond donors (Lipinski definition) is 1. The van der Waals surface area contributed by atoms with E-state index in [9.17, 15) is 9.18 Å². The van der Waals surface area contributed by atoms with Crippen molar-refractivity contribution >= 4 is 23.3 Å². The van der Waals surface area contributed by atoms with E-state index in [-0.39, 0.29) is 17.9 Å². The molecule has 0 fully saturated rings. The summed E-state index contributed by atoms with van der Waals surface area (Å²) in [5.41, 5.74) is 7.02. The third-order valence-corrected chi connectivity index (χ3v) is 3.32. The molecular weight excluding hydrogens is 285 g/mol. The van der Waals surface area contributed by atoms with Crippen LogP contribution in [0.1, 0.15) is 21.6 Å². The van der Waals surface area contributed by atoms with Crippen LogP contribution in [0.15, 0.2) is 18.2 Å². The third kappa shape index (κ3) is 2.75. The van der Waals surface area contributed by atoms with Crippen LogP contribution in [0.5, 0.6) is 0 Å². The van der Waals surface area contributed by atoms with E-state index in [0.29, 0.717) is 16.4 Å². The number of benzene rings is 1. The highest BCUT2D eigenvalue weighted by Crippen LogP contribution is 2.21. The van der Waals surface area contributed by atoms with Crippen LogP contribution >= 0.6 is 11.6 Å². The van der Waals surface area contributed by atoms with Gasteiger partial charge < -0.3 is 10.5 Å². The molecule has 0 aliphatic carbocycles. The molecule has 0 amide bonds. The number of halogens is 2. The first-order chi connectivity index (χ1) is 9.40. The van der Waals surface area contributed by atoms with Gasteiger partial charge in [0, 0.05) is 18.3 Å². The molecule has 2 N–H and O–H groups in total. The Kier molecular flexibility index (Phi) is 3.94. The SMILES string of the molecule is Cc1nn(C)c(Cl)c1COC(=O)c1ccc(F)cc1N. The normalized spacial score (nSPS) is 10.6. The zero-order valence-corrected chi connectivity index (χ0v) is 11.7. The second-order valence-electron chi connectivity index (χ2n) is 4.29. The maximum absolute atomic E-state index is 12.9. The average molecular weight is 298 g/mol. The number of carbonyl (C=O) groups excluding carboxylic acids is 1. The second-order valence-corrected chi connectivity index (χ2v) is 4.64. The number of anilines is 1. The molecule has 0 aliphatic heterocycles. The highest BCUT2D eigenvalue weighted by molar-refractivity contribution is 6.30. The molecule has 106 valence electrons. The summed E-state index contributed by atoms with van der Waals surface area (Å²) in [6.07, 6.45) is 0. The van der Waals surface area contributed by atoms with E-state index in [1.165, 1.54) is 10.7 Å². The quantitative estimate of drug-likeness (QED) is 0.698. The summed E-state index contributed by atoms with van der Waals surface area (Å²) in [6, 6.07) is 3.50. The van der Waals surface area contributed by atoms with E-state index >= 15 is 0 Å². The highest BCUT2D eigenvalue weighted by Gasteiger charge is 2.16. The van der Waals surface area contributed by atoms with Crippen molar-refractivity contribution in [3.63, 3.8) is 0 Å². The van der Waals surface area contributed by atoms with Gasteiger partial charge in [-0.15, -0.1) is 0 Å². The van der Waals surface area contributed by atoms with Crippen molar-refractivity contribution in [3.8, 4) is 0 Å². The lowest BCUT2D eigenvalue weighted by molar-refractivity contribution is 0.0473. The summed E-state index contributed by atoms with van der Waals surface area (Å²) >= 11 is 6.03. The fourth-order valence-corrected chi connectivity index (χ4v) is 2.00. The molecule has 0 saturated heterocycles. The van der Waals surface area contributed by atoms with Gasteiger partial charge in [-0.2, -0.15) is 5.10 Å². The van der Waals surface area contributed by atoms with Crippen LogP contribution < -0.4 is 5.73 Å². The zero-order chi connectivity index (χ0) is 14.9. The molecule has 0 radical (unpaired) electrons. The first-order valence-electron chi connectivity index (χ1n) is 5.80. The molecule has 0 spiro atoms. The predicted molar refractivity (Wildman–Crippen MR) is 72.9 cm³/mol. The third-order valence-electron chi connectivity index (χ3n) is 2.85. The van der Waals surface area contributed by atoms with Crippen molar-refractivity contribution in [2.24, 2.45) is 7.05 Å². The smallest absolute Gasteiger partial charge is 0.340 e. The molecule has 2 aromatic rings. The number of carbonyl (C=O) groups is 1. The van der Waals surface area contributed by atoms with Crippen molar-refractivity contribution in [1.82, 2.24) is 9.78 Å². The minimum Gasteiger partial charge on any atom is -0.457 e. The fourth-order valence-electron chi connectivity index (χ4n) is 1.77. The van der Waals surface area contributed by atoms with Gasteiger partial charge in [0.15, 0.2) is 0 Å². The zero-order valence-electron chi connectivity index (χ0n) is 11.0. The van der Waals surface area contributed by atoms with E-state index in [0.717, 1.165) is 12.1 Å². The molecule has 5 nitrogen and oxygen atoms in total. The molecule has 2 rings (SSSR count). The summed E-state index contributed by atoms with van der Waals surface area (Å²) in [5, 5.41) is 4.51. The van der Waals surface area contributed by atoms with E-state index in [4.69, 9.17) is 22.1 Å². The van der Waals surface area contributed by atoms with Crippen molar-refractivity contribution in [2.45, 2.75) is 13.5 Å². The van der Waals surface area contributed by atoms with Crippen LogP contribution in [0.4, 0.5) is 10.1 Å². The maximum Gasteiger partial charge on any atom is 0.340 e. The van der Waals surface area contributed by atoms with Gasteiger partial charge in [-0.25, -0.2) is 9.18 Å². The van der Waals surface area contributed by atoms with Crippen molar-refractivity contribution in [1.29, 1.82) is 0 Å². The molecule has 0 unspecified atom stereocenters. The standard InChI is InChI=1S/C13H13ClFN3O2/c1-7-10(12(14)18(2)17-7)6-20-13(19)9-4-3-8(15)5-11(9)16/h3-5H,6,16H2,1-2H3. The monoisotopic (exact) mass is 297 g/mol. The Hall–Kier alpha value is -2.08. The maximum atomic E-state index is 12.9. The minimum absolute atomic E-state index is 0.0197. The van der Waals surface area contributed by atoms with Crippen LogP contribution in [0.25, 0.3) is 0 Å². The van der Waals surface area contributed by atoms with Crippen molar-refractivity contribution in [2.75, 3.05) is 5.73 Å². The topological polar surface area (TPSA) is 70.1 Å². The molecule has 1 heterocycles. The number of esters is 1. The van der Waals surface area contributed by atoms with E-state index in [1.807, 2.05) is 0 Å². The summed E-state index contributed by atoms with van der Waals surface area (Å²) < 4.78 is 19.5. The average Bonchev–Trinajstić information content (AvgIpc) is 2.61. The number of aryl methyl sites for hydroxylation is 2. The van der Waals surface area contributed by atoms with Gasteiger partial charge in [0.2, 0.25) is 0 Å². The molecule has 7 heteroatoms. The summed E-state index contributed by atoms with van der Waals surface area (Å²) in [5.74, 6) is -1.15. The second kappa shape index (κ2) is 5.50. The highest BCUT2D eigenvalue weighted by atomic mass is 35.5. The van der Waals surface area contributed by atoms with Gasteiger partial charge >= 0.3 is 5.97 Å². The predicted octanol–water partition coefficient (Wildman–Crippen LogP) is 2.46. The molecule has 0 saturated carbocycles. The number of nitrogens with zero attached hydrogens (tertiary/aromatic N) is 2. The van der Waals surface area contributed by atoms with Crippen LogP contribution in [0.2, 0.25) is 5.15 Å². The van der Waals surface area contributed by atoms with Gasteiger partial charge in [-0.1, -0.05) is 11.6 Å². The Balaban J connectivity index is 2.12. The lowest BCUT2D eigenvalue weighted by atomic mass is 10.2. The number of rotatable bonds is 3. The van der Waals surface area contributed by atoms with Crippen molar-refractivity contribution < 1.29 is 13.9 Å². The van der Waals surface area contributed by atoms with E-state index in [1.54, 1.807) is 14.0 Å². The first kappa shape index (κ1) is 14.3. The fraction of sp³-hybridized carbons (Fsp3) is 0.231. The molecule has 1 aromatic heterocycles. The molecule has 20 heavy (non-hydrogen) atoms. The summed E-state index contributed by atoms with van der Waals surface area (Å²) in [7, 11) is 1.69. The van der Waals surface area contributed by atoms with E-state index < -0.39 is 11.8 Å². The number of aromatic nitrogens is 2. The van der Waals surface area contributed by atoms with Crippen LogP contribution in [-0.4, -0.2) is 15.7 Å². The van der Waals surface area contributed by atoms with Gasteiger partial charge in [-0.05, 0) is 25.1 Å². The van der Waals surface area contributed by atoms with Crippen LogP contribution in [-0.2, 0) is 18.4 Å². The molecular formula is C13H13ClFN3O2. The molecule has 0 aliphatic rings. The molecule has 0 atom stereocenters. The largest absolute Gasteiger partial charge is 0.457 e. The minimum atomic E-state index is -0.637. The van der Waals surface area contributed by atoms with Crippen LogP contribution in [0.3, 0.4) is 0 Å². The molecule has 1 aromatic carbocycles. The summed E-state index contributed by atoms with van der Waals surface area (Å²) in [6.45, 7) is 1.75. The Morgan fingerprint density at radius 2 is 2.25 bits per heavy atom. The molecule has 0 bridgehead atoms. The van der Waals surface area contributed by atoms with Gasteiger partial charge in [0.1, 0.15) is 17.6 Å². The first-order valence-corrected chi connectivity index (χ1v) is 6.18. The lowest BCUT2D eigenvalue weighted by Gasteiger charge is -2.07. The lowest BCUT2D eigenvalue weighted by Crippen LogP contribution is -2.09. The Morgan fingerprint density at radius 3 is 2.80 bits per heavy atom. The summed E-state index contributed by atoms with van der Waals surface area (Å²) in [4.78, 5) is 11.9. The Morgan fingerprint density at radius 1 is 1.55 bits per heavy atom. The Bertz CT molecular complexity index is 670. The number of hydrogen-bond acceptors (Lipinski definition) is 4. The van der Waals surface area contributed by atoms with Crippen molar-refractivity contribution in [3.05, 3.63) is 46.0 Å². The van der Waals surface area contributed by atoms with Gasteiger partial charge in [0.05, 0.1) is 11.3 Å². The van der Waals surface area contributed by atoms with Crippen LogP contribution in [0, 0.1) is 12.7 Å².